The van der Waals surface area contributed by atoms with Gasteiger partial charge in [0.15, 0.2) is 5.82 Å². The Morgan fingerprint density at radius 2 is 1.59 bits per heavy atom. The van der Waals surface area contributed by atoms with Crippen molar-refractivity contribution in [1.29, 1.82) is 0 Å². The quantitative estimate of drug-likeness (QED) is 0.317. The molecule has 1 N–H and O–H groups in total. The molecule has 2 heterocycles. The van der Waals surface area contributed by atoms with Crippen LogP contribution in [0.25, 0.3) is 22.6 Å². The van der Waals surface area contributed by atoms with Crippen molar-refractivity contribution in [3.05, 3.63) is 71.9 Å². The predicted molar refractivity (Wildman–Crippen MR) is 170 cm³/mol. The molecule has 1 aliphatic rings. The molecule has 12 nitrogen and oxygen atoms in total. The van der Waals surface area contributed by atoms with Crippen LogP contribution in [0.2, 0.25) is 0 Å². The van der Waals surface area contributed by atoms with Gasteiger partial charge in [-0.1, -0.05) is 60.2 Å². The molecule has 0 spiro atoms. The van der Waals surface area contributed by atoms with Crippen LogP contribution in [0.4, 0.5) is 4.79 Å². The summed E-state index contributed by atoms with van der Waals surface area (Å²) in [7, 11) is 0. The largest absolute Gasteiger partial charge is 0.527 e. The number of hydrogen-bond donors (Lipinski definition) is 1. The highest BCUT2D eigenvalue weighted by atomic mass is 16.8. The van der Waals surface area contributed by atoms with Gasteiger partial charge in [-0.2, -0.15) is 0 Å². The number of hydroxylamine groups is 2. The van der Waals surface area contributed by atoms with E-state index in [2.05, 4.69) is 10.3 Å². The van der Waals surface area contributed by atoms with E-state index in [-0.39, 0.29) is 57.2 Å². The molecule has 0 saturated carbocycles. The van der Waals surface area contributed by atoms with E-state index >= 15 is 0 Å². The minimum atomic E-state index is -1.05. The smallest absolute Gasteiger partial charge is 0.460 e. The number of nitrogens with zero attached hydrogens (tertiary/aromatic N) is 4. The summed E-state index contributed by atoms with van der Waals surface area (Å²) in [4.78, 5) is 67.9. The van der Waals surface area contributed by atoms with Gasteiger partial charge in [0.1, 0.15) is 17.3 Å². The van der Waals surface area contributed by atoms with Crippen LogP contribution in [-0.2, 0) is 23.9 Å². The zero-order valence-electron chi connectivity index (χ0n) is 26.9. The van der Waals surface area contributed by atoms with Crippen LogP contribution >= 0.6 is 0 Å². The molecule has 1 saturated heterocycles. The summed E-state index contributed by atoms with van der Waals surface area (Å²) in [6.45, 7) is 10.1. The van der Waals surface area contributed by atoms with Gasteiger partial charge in [-0.15, -0.1) is 5.06 Å². The van der Waals surface area contributed by atoms with E-state index in [0.29, 0.717) is 11.5 Å². The fourth-order valence-corrected chi connectivity index (χ4v) is 4.77. The fraction of sp³-hybridized carbons (Fsp3) is 0.412. The van der Waals surface area contributed by atoms with Gasteiger partial charge < -0.3 is 24.5 Å². The molecule has 1 aliphatic heterocycles. The first-order valence-electron chi connectivity index (χ1n) is 15.3. The van der Waals surface area contributed by atoms with Gasteiger partial charge in [-0.25, -0.2) is 14.8 Å². The Balaban J connectivity index is 1.57. The minimum absolute atomic E-state index is 0.0144. The third kappa shape index (κ3) is 9.83. The lowest BCUT2D eigenvalue weighted by Crippen LogP contribution is -2.55. The Kier molecular flexibility index (Phi) is 11.4. The van der Waals surface area contributed by atoms with Gasteiger partial charge in [-0.05, 0) is 47.1 Å². The second kappa shape index (κ2) is 15.4. The topological polar surface area (TPSA) is 140 Å². The number of benzene rings is 2. The summed E-state index contributed by atoms with van der Waals surface area (Å²) >= 11 is 0. The molecule has 12 heteroatoms. The first kappa shape index (κ1) is 34.0. The highest BCUT2D eigenvalue weighted by molar-refractivity contribution is 5.97. The lowest BCUT2D eigenvalue weighted by molar-refractivity contribution is -0.158. The predicted octanol–water partition coefficient (Wildman–Crippen LogP) is 4.57. The van der Waals surface area contributed by atoms with Gasteiger partial charge in [0, 0.05) is 30.6 Å². The summed E-state index contributed by atoms with van der Waals surface area (Å²) in [6, 6.07) is 17.6. The van der Waals surface area contributed by atoms with Crippen molar-refractivity contribution in [1.82, 2.24) is 25.2 Å². The van der Waals surface area contributed by atoms with Gasteiger partial charge in [0.05, 0.1) is 25.4 Å². The number of hydrogen-bond acceptors (Lipinski definition) is 10. The minimum Gasteiger partial charge on any atom is -0.460 e. The van der Waals surface area contributed by atoms with Crippen LogP contribution in [-0.4, -0.2) is 88.3 Å². The van der Waals surface area contributed by atoms with Gasteiger partial charge in [0.25, 0.3) is 5.91 Å². The SMILES string of the molecule is CCOC(=O)ON1CCN(C(=O)[C@H](CCC(=O)OC(C)(C)C)NC(=O)c2cc(-c3ccc(C)cc3)nc(-c3ccccc3)n2)CC1. The number of carbonyl (C=O) groups excluding carboxylic acids is 4. The molecular formula is C34H41N5O7. The highest BCUT2D eigenvalue weighted by Gasteiger charge is 2.31. The van der Waals surface area contributed by atoms with Crippen molar-refractivity contribution < 1.29 is 33.5 Å². The Hall–Kier alpha value is -4.84. The van der Waals surface area contributed by atoms with Crippen LogP contribution in [0.15, 0.2) is 60.7 Å². The number of amides is 2. The Morgan fingerprint density at radius 1 is 0.913 bits per heavy atom. The highest BCUT2D eigenvalue weighted by Crippen LogP contribution is 2.23. The fourth-order valence-electron chi connectivity index (χ4n) is 4.77. The van der Waals surface area contributed by atoms with Crippen LogP contribution in [0.5, 0.6) is 0 Å². The maximum atomic E-state index is 13.8. The number of ether oxygens (including phenoxy) is 2. The van der Waals surface area contributed by atoms with E-state index in [1.807, 2.05) is 61.5 Å². The number of aryl methyl sites for hydroxylation is 1. The Morgan fingerprint density at radius 3 is 2.22 bits per heavy atom. The van der Waals surface area contributed by atoms with E-state index in [0.717, 1.165) is 16.7 Å². The third-order valence-electron chi connectivity index (χ3n) is 7.01. The molecule has 0 aliphatic carbocycles. The number of esters is 1. The van der Waals surface area contributed by atoms with Crippen LogP contribution in [0.3, 0.4) is 0 Å². The number of piperazine rings is 1. The average Bonchev–Trinajstić information content (AvgIpc) is 3.03. The molecule has 1 aromatic heterocycles. The number of nitrogens with one attached hydrogen (secondary N) is 1. The van der Waals surface area contributed by atoms with Gasteiger partial charge >= 0.3 is 12.1 Å². The van der Waals surface area contributed by atoms with E-state index in [1.54, 1.807) is 38.7 Å². The molecule has 0 bridgehead atoms. The number of carbonyl (C=O) groups is 4. The standard InChI is InChI=1S/C34H41N5O7/c1-6-44-33(43)46-39-20-18-38(19-21-39)32(42)26(16-17-29(40)45-34(3,4)5)37-31(41)28-22-27(24-14-12-23(2)13-15-24)35-30(36-28)25-10-8-7-9-11-25/h7-15,22,26H,6,16-21H2,1-5H3,(H,37,41)/t26-/m0/s1. The van der Waals surface area contributed by atoms with Gasteiger partial charge in [-0.3, -0.25) is 14.4 Å². The van der Waals surface area contributed by atoms with E-state index < -0.39 is 29.7 Å². The molecule has 244 valence electrons. The lowest BCUT2D eigenvalue weighted by Gasteiger charge is -2.35. The summed E-state index contributed by atoms with van der Waals surface area (Å²) in [5, 5.41) is 4.25. The van der Waals surface area contributed by atoms with Gasteiger partial charge in [0.2, 0.25) is 5.91 Å². The summed E-state index contributed by atoms with van der Waals surface area (Å²) in [5.74, 6) is -1.08. The van der Waals surface area contributed by atoms with Crippen LogP contribution < -0.4 is 5.32 Å². The molecule has 0 radical (unpaired) electrons. The van der Waals surface area contributed by atoms with E-state index in [9.17, 15) is 19.2 Å². The first-order chi connectivity index (χ1) is 21.9. The zero-order chi connectivity index (χ0) is 33.3. The number of rotatable bonds is 10. The molecular weight excluding hydrogens is 590 g/mol. The molecule has 0 unspecified atom stereocenters. The molecule has 2 amide bonds. The second-order valence-electron chi connectivity index (χ2n) is 11.9. The van der Waals surface area contributed by atoms with Crippen molar-refractivity contribution >= 4 is 23.9 Å². The maximum Gasteiger partial charge on any atom is 0.527 e. The maximum absolute atomic E-state index is 13.8. The average molecular weight is 632 g/mol. The van der Waals surface area contributed by atoms with Crippen LogP contribution in [0, 0.1) is 6.92 Å². The summed E-state index contributed by atoms with van der Waals surface area (Å²) in [5.41, 5.74) is 2.54. The number of aromatic nitrogens is 2. The lowest BCUT2D eigenvalue weighted by atomic mass is 10.1. The van der Waals surface area contributed by atoms with E-state index in [4.69, 9.17) is 19.3 Å². The van der Waals surface area contributed by atoms with E-state index in [1.165, 1.54) is 5.06 Å². The molecule has 1 atom stereocenters. The summed E-state index contributed by atoms with van der Waals surface area (Å²) in [6.07, 6.45) is -0.886. The Labute approximate surface area is 269 Å². The molecule has 2 aromatic carbocycles. The summed E-state index contributed by atoms with van der Waals surface area (Å²) < 4.78 is 10.3. The Bertz CT molecular complexity index is 1520. The molecule has 4 rings (SSSR count). The molecule has 3 aromatic rings. The molecule has 46 heavy (non-hydrogen) atoms. The van der Waals surface area contributed by atoms with Crippen molar-refractivity contribution in [3.63, 3.8) is 0 Å². The second-order valence-corrected chi connectivity index (χ2v) is 11.9. The van der Waals surface area contributed by atoms with Crippen molar-refractivity contribution in [2.45, 2.75) is 59.1 Å². The van der Waals surface area contributed by atoms with Crippen molar-refractivity contribution in [2.75, 3.05) is 32.8 Å². The monoisotopic (exact) mass is 631 g/mol. The van der Waals surface area contributed by atoms with Crippen molar-refractivity contribution in [3.8, 4) is 22.6 Å². The third-order valence-corrected chi connectivity index (χ3v) is 7.01. The first-order valence-corrected chi connectivity index (χ1v) is 15.3. The zero-order valence-corrected chi connectivity index (χ0v) is 26.9. The van der Waals surface area contributed by atoms with Crippen LogP contribution in [0.1, 0.15) is 56.6 Å². The molecule has 1 fully saturated rings. The normalized spacial score (nSPS) is 14.2. The van der Waals surface area contributed by atoms with Crippen molar-refractivity contribution in [2.24, 2.45) is 0 Å².